The SMILES string of the molecule is Cc1ccc(NC(=O)COC(=O)[C@@]23CCC(=O)N2c2ccccc2C(=O)N3C2CC2)cc1C. The van der Waals surface area contributed by atoms with Crippen molar-refractivity contribution in [3.05, 3.63) is 59.2 Å². The van der Waals surface area contributed by atoms with Crippen molar-refractivity contribution in [2.24, 2.45) is 0 Å². The molecule has 1 saturated carbocycles. The Morgan fingerprint density at radius 1 is 1.09 bits per heavy atom. The second kappa shape index (κ2) is 7.72. The van der Waals surface area contributed by atoms with Gasteiger partial charge in [-0.1, -0.05) is 18.2 Å². The van der Waals surface area contributed by atoms with Gasteiger partial charge in [0, 0.05) is 24.6 Å². The number of para-hydroxylation sites is 1. The molecule has 2 aromatic rings. The number of carbonyl (C=O) groups excluding carboxylic acids is 4. The molecule has 8 nitrogen and oxygen atoms in total. The largest absolute Gasteiger partial charge is 0.452 e. The molecule has 0 radical (unpaired) electrons. The average molecular weight is 447 g/mol. The van der Waals surface area contributed by atoms with Crippen LogP contribution in [0, 0.1) is 13.8 Å². The number of amides is 3. The van der Waals surface area contributed by atoms with Crippen molar-refractivity contribution in [2.45, 2.75) is 51.2 Å². The molecule has 8 heteroatoms. The highest BCUT2D eigenvalue weighted by Gasteiger charge is 2.64. The van der Waals surface area contributed by atoms with E-state index in [9.17, 15) is 19.2 Å². The molecule has 1 saturated heterocycles. The van der Waals surface area contributed by atoms with Crippen LogP contribution in [0.4, 0.5) is 11.4 Å². The van der Waals surface area contributed by atoms with E-state index in [-0.39, 0.29) is 30.7 Å². The number of aryl methyl sites for hydroxylation is 2. The Kier molecular flexibility index (Phi) is 4.96. The quantitative estimate of drug-likeness (QED) is 0.711. The van der Waals surface area contributed by atoms with Crippen molar-refractivity contribution in [1.82, 2.24) is 4.90 Å². The summed E-state index contributed by atoms with van der Waals surface area (Å²) in [6, 6.07) is 12.2. The van der Waals surface area contributed by atoms with E-state index >= 15 is 0 Å². The molecule has 0 unspecified atom stereocenters. The number of anilines is 2. The van der Waals surface area contributed by atoms with Crippen LogP contribution in [0.15, 0.2) is 42.5 Å². The molecule has 0 bridgehead atoms. The van der Waals surface area contributed by atoms with Gasteiger partial charge in [-0.2, -0.15) is 0 Å². The zero-order valence-corrected chi connectivity index (χ0v) is 18.6. The van der Waals surface area contributed by atoms with Crippen LogP contribution in [0.3, 0.4) is 0 Å². The smallest absolute Gasteiger partial charge is 0.354 e. The molecule has 2 heterocycles. The van der Waals surface area contributed by atoms with Crippen molar-refractivity contribution in [1.29, 1.82) is 0 Å². The lowest BCUT2D eigenvalue weighted by atomic mass is 9.96. The van der Waals surface area contributed by atoms with E-state index in [1.165, 1.54) is 9.80 Å². The summed E-state index contributed by atoms with van der Waals surface area (Å²) in [5, 5.41) is 2.73. The maximum atomic E-state index is 13.5. The van der Waals surface area contributed by atoms with E-state index in [0.29, 0.717) is 16.9 Å². The number of rotatable bonds is 5. The molecule has 0 spiro atoms. The van der Waals surface area contributed by atoms with Crippen molar-refractivity contribution >= 4 is 35.1 Å². The minimum absolute atomic E-state index is 0.120. The number of nitrogens with zero attached hydrogens (tertiary/aromatic N) is 2. The van der Waals surface area contributed by atoms with E-state index in [4.69, 9.17) is 4.74 Å². The van der Waals surface area contributed by atoms with Crippen LogP contribution < -0.4 is 10.2 Å². The van der Waals surface area contributed by atoms with Gasteiger partial charge in [-0.15, -0.1) is 0 Å². The third kappa shape index (κ3) is 3.37. The highest BCUT2D eigenvalue weighted by Crippen LogP contribution is 2.49. The van der Waals surface area contributed by atoms with Crippen LogP contribution in [0.1, 0.15) is 47.2 Å². The molecule has 2 aliphatic heterocycles. The van der Waals surface area contributed by atoms with Crippen molar-refractivity contribution in [2.75, 3.05) is 16.8 Å². The number of esters is 1. The van der Waals surface area contributed by atoms with E-state index in [1.807, 2.05) is 26.0 Å². The molecule has 0 aromatic heterocycles. The van der Waals surface area contributed by atoms with E-state index in [2.05, 4.69) is 5.32 Å². The molecule has 1 aliphatic carbocycles. The molecule has 1 atom stereocenters. The van der Waals surface area contributed by atoms with Crippen molar-refractivity contribution in [3.8, 4) is 0 Å². The summed E-state index contributed by atoms with van der Waals surface area (Å²) < 4.78 is 5.46. The first-order valence-electron chi connectivity index (χ1n) is 11.1. The predicted octanol–water partition coefficient (Wildman–Crippen LogP) is 2.93. The lowest BCUT2D eigenvalue weighted by molar-refractivity contribution is -0.159. The van der Waals surface area contributed by atoms with Gasteiger partial charge in [-0.25, -0.2) is 4.79 Å². The number of benzene rings is 2. The molecular formula is C25H25N3O5. The Balaban J connectivity index is 1.41. The van der Waals surface area contributed by atoms with Crippen LogP contribution in [0.5, 0.6) is 0 Å². The van der Waals surface area contributed by atoms with E-state index < -0.39 is 24.1 Å². The summed E-state index contributed by atoms with van der Waals surface area (Å²) in [7, 11) is 0. The summed E-state index contributed by atoms with van der Waals surface area (Å²) in [6.45, 7) is 3.41. The lowest BCUT2D eigenvalue weighted by Crippen LogP contribution is -2.69. The molecule has 3 aliphatic rings. The summed E-state index contributed by atoms with van der Waals surface area (Å²) in [6.07, 6.45) is 1.78. The Bertz CT molecular complexity index is 1190. The van der Waals surface area contributed by atoms with Crippen molar-refractivity contribution < 1.29 is 23.9 Å². The minimum Gasteiger partial charge on any atom is -0.452 e. The summed E-state index contributed by atoms with van der Waals surface area (Å²) in [4.78, 5) is 55.2. The zero-order chi connectivity index (χ0) is 23.3. The Morgan fingerprint density at radius 3 is 2.58 bits per heavy atom. The van der Waals surface area contributed by atoms with Gasteiger partial charge in [-0.05, 0) is 62.1 Å². The first-order chi connectivity index (χ1) is 15.8. The first-order valence-corrected chi connectivity index (χ1v) is 11.1. The van der Waals surface area contributed by atoms with Crippen LogP contribution in [-0.4, -0.2) is 46.9 Å². The van der Waals surface area contributed by atoms with Crippen molar-refractivity contribution in [3.63, 3.8) is 0 Å². The molecule has 170 valence electrons. The Labute approximate surface area is 191 Å². The topological polar surface area (TPSA) is 96.0 Å². The number of fused-ring (bicyclic) bond motifs is 3. The van der Waals surface area contributed by atoms with E-state index in [0.717, 1.165) is 24.0 Å². The van der Waals surface area contributed by atoms with Gasteiger partial charge < -0.3 is 15.0 Å². The fourth-order valence-corrected chi connectivity index (χ4v) is 4.78. The van der Waals surface area contributed by atoms with Gasteiger partial charge in [0.1, 0.15) is 0 Å². The Hall–Kier alpha value is -3.68. The number of carbonyl (C=O) groups is 4. The van der Waals surface area contributed by atoms with Gasteiger partial charge in [0.15, 0.2) is 6.61 Å². The third-order valence-corrected chi connectivity index (χ3v) is 6.66. The molecule has 5 rings (SSSR count). The number of ether oxygens (including phenoxy) is 1. The fourth-order valence-electron chi connectivity index (χ4n) is 4.78. The van der Waals surface area contributed by atoms with Gasteiger partial charge in [0.2, 0.25) is 11.6 Å². The third-order valence-electron chi connectivity index (χ3n) is 6.66. The van der Waals surface area contributed by atoms with Gasteiger partial charge in [-0.3, -0.25) is 19.3 Å². The Morgan fingerprint density at radius 2 is 1.85 bits per heavy atom. The maximum absolute atomic E-state index is 13.5. The van der Waals surface area contributed by atoms with Crippen LogP contribution in [0.25, 0.3) is 0 Å². The van der Waals surface area contributed by atoms with Gasteiger partial charge in [0.05, 0.1) is 11.3 Å². The molecule has 3 amide bonds. The minimum atomic E-state index is -1.55. The number of hydrogen-bond donors (Lipinski definition) is 1. The molecule has 2 aromatic carbocycles. The van der Waals surface area contributed by atoms with Crippen LogP contribution >= 0.6 is 0 Å². The normalized spacial score (nSPS) is 21.5. The molecule has 33 heavy (non-hydrogen) atoms. The highest BCUT2D eigenvalue weighted by atomic mass is 16.5. The van der Waals surface area contributed by atoms with Gasteiger partial charge >= 0.3 is 5.97 Å². The summed E-state index contributed by atoms with van der Waals surface area (Å²) >= 11 is 0. The molecule has 2 fully saturated rings. The highest BCUT2D eigenvalue weighted by molar-refractivity contribution is 6.16. The van der Waals surface area contributed by atoms with E-state index in [1.54, 1.807) is 30.3 Å². The summed E-state index contributed by atoms with van der Waals surface area (Å²) in [5.41, 5.74) is 2.00. The number of hydrogen-bond acceptors (Lipinski definition) is 5. The van der Waals surface area contributed by atoms with Crippen LogP contribution in [-0.2, 0) is 19.1 Å². The second-order valence-corrected chi connectivity index (χ2v) is 8.89. The number of nitrogens with one attached hydrogen (secondary N) is 1. The summed E-state index contributed by atoms with van der Waals surface area (Å²) in [5.74, 6) is -1.76. The van der Waals surface area contributed by atoms with Gasteiger partial charge in [0.25, 0.3) is 11.8 Å². The first kappa shape index (κ1) is 21.2. The molecule has 1 N–H and O–H groups in total. The van der Waals surface area contributed by atoms with Crippen LogP contribution in [0.2, 0.25) is 0 Å². The standard InChI is InChI=1S/C25H25N3O5/c1-15-7-8-17(13-16(15)2)26-21(29)14-33-24(32)25-12-11-22(30)28(25)20-6-4-3-5-19(20)23(31)27(25)18-9-10-18/h3-8,13,18H,9-12,14H2,1-2H3,(H,26,29)/t25-/m1/s1. The lowest BCUT2D eigenvalue weighted by Gasteiger charge is -2.48. The monoisotopic (exact) mass is 447 g/mol. The average Bonchev–Trinajstić information content (AvgIpc) is 3.57. The fraction of sp³-hybridized carbons (Fsp3) is 0.360. The zero-order valence-electron chi connectivity index (χ0n) is 18.6. The molecular weight excluding hydrogens is 422 g/mol. The maximum Gasteiger partial charge on any atom is 0.354 e. The second-order valence-electron chi connectivity index (χ2n) is 8.89. The predicted molar refractivity (Wildman–Crippen MR) is 121 cm³/mol.